The quantitative estimate of drug-likeness (QED) is 0.818. The third-order valence-corrected chi connectivity index (χ3v) is 3.00. The van der Waals surface area contributed by atoms with Gasteiger partial charge in [0.05, 0.1) is 19.5 Å². The van der Waals surface area contributed by atoms with E-state index in [9.17, 15) is 0 Å². The molecule has 2 heterocycles. The van der Waals surface area contributed by atoms with Gasteiger partial charge < -0.3 is 9.67 Å². The van der Waals surface area contributed by atoms with E-state index in [1.165, 1.54) is 4.88 Å². The van der Waals surface area contributed by atoms with E-state index in [2.05, 4.69) is 16.8 Å². The summed E-state index contributed by atoms with van der Waals surface area (Å²) < 4.78 is 2.02. The summed E-state index contributed by atoms with van der Waals surface area (Å²) in [5.74, 6) is 6.01. The van der Waals surface area contributed by atoms with Gasteiger partial charge in [0, 0.05) is 29.3 Å². The zero-order chi connectivity index (χ0) is 11.2. The van der Waals surface area contributed by atoms with Crippen molar-refractivity contribution in [3.05, 3.63) is 40.6 Å². The van der Waals surface area contributed by atoms with Crippen LogP contribution in [0.1, 0.15) is 16.9 Å². The number of aliphatic hydroxyl groups excluding tert-OH is 1. The van der Waals surface area contributed by atoms with E-state index >= 15 is 0 Å². The average molecular weight is 232 g/mol. The van der Waals surface area contributed by atoms with Gasteiger partial charge >= 0.3 is 0 Å². The summed E-state index contributed by atoms with van der Waals surface area (Å²) in [6.07, 6.45) is 6.03. The molecule has 0 radical (unpaired) electrons. The molecule has 2 aromatic rings. The molecule has 0 bridgehead atoms. The summed E-state index contributed by atoms with van der Waals surface area (Å²) in [4.78, 5) is 5.23. The predicted octanol–water partition coefficient (Wildman–Crippen LogP) is 1.73. The summed E-state index contributed by atoms with van der Waals surface area (Å²) in [5.41, 5.74) is 1.05. The predicted molar refractivity (Wildman–Crippen MR) is 64.2 cm³/mol. The van der Waals surface area contributed by atoms with Gasteiger partial charge in [-0.25, -0.2) is 4.98 Å². The van der Waals surface area contributed by atoms with E-state index in [4.69, 9.17) is 5.11 Å². The van der Waals surface area contributed by atoms with E-state index in [0.29, 0.717) is 6.42 Å². The van der Waals surface area contributed by atoms with Gasteiger partial charge in [0.1, 0.15) is 0 Å². The molecule has 2 rings (SSSR count). The molecule has 4 heteroatoms. The molecule has 0 saturated heterocycles. The van der Waals surface area contributed by atoms with E-state index in [-0.39, 0.29) is 6.61 Å². The second-order valence-electron chi connectivity index (χ2n) is 3.27. The molecule has 3 nitrogen and oxygen atoms in total. The van der Waals surface area contributed by atoms with E-state index in [0.717, 1.165) is 12.1 Å². The van der Waals surface area contributed by atoms with Crippen molar-refractivity contribution >= 4 is 11.3 Å². The molecular weight excluding hydrogens is 220 g/mol. The van der Waals surface area contributed by atoms with Crippen LogP contribution in [0.15, 0.2) is 30.2 Å². The third-order valence-electron chi connectivity index (χ3n) is 2.09. The third kappa shape index (κ3) is 2.72. The maximum absolute atomic E-state index is 8.66. The van der Waals surface area contributed by atoms with Gasteiger partial charge in [-0.3, -0.25) is 0 Å². The Morgan fingerprint density at radius 1 is 1.50 bits per heavy atom. The summed E-state index contributed by atoms with van der Waals surface area (Å²) in [6, 6.07) is 2.02. The van der Waals surface area contributed by atoms with Gasteiger partial charge in [-0.05, 0) is 11.4 Å². The number of aliphatic hydroxyl groups is 1. The molecule has 0 amide bonds. The first-order chi connectivity index (χ1) is 7.90. The lowest BCUT2D eigenvalue weighted by Crippen LogP contribution is -1.95. The fourth-order valence-corrected chi connectivity index (χ4v) is 2.17. The van der Waals surface area contributed by atoms with Crippen molar-refractivity contribution in [1.29, 1.82) is 0 Å². The Hall–Kier alpha value is -1.57. The zero-order valence-electron chi connectivity index (χ0n) is 8.76. The molecule has 0 aliphatic rings. The number of rotatable bonds is 3. The van der Waals surface area contributed by atoms with Crippen molar-refractivity contribution in [2.45, 2.75) is 13.0 Å². The normalized spacial score (nSPS) is 9.81. The van der Waals surface area contributed by atoms with Gasteiger partial charge in [0.2, 0.25) is 0 Å². The number of hydrogen-bond donors (Lipinski definition) is 1. The number of aromatic nitrogens is 2. The smallest absolute Gasteiger partial charge is 0.0949 e. The number of hydrogen-bond acceptors (Lipinski definition) is 3. The topological polar surface area (TPSA) is 38.0 Å². The minimum atomic E-state index is 0.119. The summed E-state index contributed by atoms with van der Waals surface area (Å²) in [6.45, 7) is 0.925. The van der Waals surface area contributed by atoms with Crippen LogP contribution in [0, 0.1) is 11.8 Å². The first-order valence-corrected chi connectivity index (χ1v) is 5.90. The van der Waals surface area contributed by atoms with Gasteiger partial charge in [-0.2, -0.15) is 0 Å². The highest BCUT2D eigenvalue weighted by molar-refractivity contribution is 7.10. The summed E-state index contributed by atoms with van der Waals surface area (Å²) in [5, 5.41) is 10.7. The van der Waals surface area contributed by atoms with Crippen LogP contribution in [0.25, 0.3) is 0 Å². The fraction of sp³-hybridized carbons (Fsp3) is 0.250. The van der Waals surface area contributed by atoms with Crippen molar-refractivity contribution in [3.63, 3.8) is 0 Å². The van der Waals surface area contributed by atoms with Crippen LogP contribution in [0.5, 0.6) is 0 Å². The van der Waals surface area contributed by atoms with E-state index in [1.54, 1.807) is 23.9 Å². The molecule has 16 heavy (non-hydrogen) atoms. The lowest BCUT2D eigenvalue weighted by Gasteiger charge is -1.99. The molecule has 0 fully saturated rings. The van der Waals surface area contributed by atoms with Gasteiger partial charge in [0.25, 0.3) is 0 Å². The fourth-order valence-electron chi connectivity index (χ4n) is 1.33. The molecule has 0 unspecified atom stereocenters. The van der Waals surface area contributed by atoms with E-state index < -0.39 is 0 Å². The van der Waals surface area contributed by atoms with Crippen LogP contribution < -0.4 is 0 Å². The first kappa shape index (κ1) is 10.9. The van der Waals surface area contributed by atoms with Crippen molar-refractivity contribution in [3.8, 4) is 11.8 Å². The van der Waals surface area contributed by atoms with Gasteiger partial charge in [-0.15, -0.1) is 11.3 Å². The molecule has 1 N–H and O–H groups in total. The van der Waals surface area contributed by atoms with Crippen molar-refractivity contribution < 1.29 is 5.11 Å². The van der Waals surface area contributed by atoms with E-state index in [1.807, 2.05) is 22.2 Å². The first-order valence-electron chi connectivity index (χ1n) is 5.02. The Morgan fingerprint density at radius 2 is 2.44 bits per heavy atom. The minimum Gasteiger partial charge on any atom is -0.395 e. The van der Waals surface area contributed by atoms with Crippen molar-refractivity contribution in [2.75, 3.05) is 6.61 Å². The highest BCUT2D eigenvalue weighted by Crippen LogP contribution is 2.17. The SMILES string of the molecule is OCCC#Cc1ccsc1Cn1ccnc1. The summed E-state index contributed by atoms with van der Waals surface area (Å²) >= 11 is 1.69. The highest BCUT2D eigenvalue weighted by Gasteiger charge is 2.02. The second-order valence-corrected chi connectivity index (χ2v) is 4.27. The molecule has 0 aliphatic heterocycles. The molecule has 0 aromatic carbocycles. The maximum Gasteiger partial charge on any atom is 0.0949 e. The zero-order valence-corrected chi connectivity index (χ0v) is 9.57. The Labute approximate surface area is 98.4 Å². The molecule has 2 aromatic heterocycles. The maximum atomic E-state index is 8.66. The number of thiophene rings is 1. The number of imidazole rings is 1. The highest BCUT2D eigenvalue weighted by atomic mass is 32.1. The Bertz CT molecular complexity index is 491. The largest absolute Gasteiger partial charge is 0.395 e. The Balaban J connectivity index is 2.11. The standard InChI is InChI=1S/C12H12N2OS/c15-7-2-1-3-11-4-8-16-12(11)9-14-6-5-13-10-14/h4-6,8,10,15H,2,7,9H2. The molecule has 0 spiro atoms. The van der Waals surface area contributed by atoms with Crippen LogP contribution in [0.3, 0.4) is 0 Å². The lowest BCUT2D eigenvalue weighted by atomic mass is 10.2. The van der Waals surface area contributed by atoms with Crippen molar-refractivity contribution in [2.24, 2.45) is 0 Å². The van der Waals surface area contributed by atoms with Gasteiger partial charge in [-0.1, -0.05) is 11.8 Å². The molecule has 0 atom stereocenters. The van der Waals surface area contributed by atoms with Crippen molar-refractivity contribution in [1.82, 2.24) is 9.55 Å². The summed E-state index contributed by atoms with van der Waals surface area (Å²) in [7, 11) is 0. The van der Waals surface area contributed by atoms with Crippen LogP contribution in [-0.2, 0) is 6.54 Å². The van der Waals surface area contributed by atoms with Crippen LogP contribution in [0.4, 0.5) is 0 Å². The number of nitrogens with zero attached hydrogens (tertiary/aromatic N) is 2. The lowest BCUT2D eigenvalue weighted by molar-refractivity contribution is 0.305. The van der Waals surface area contributed by atoms with Crippen LogP contribution >= 0.6 is 11.3 Å². The average Bonchev–Trinajstić information content (AvgIpc) is 2.92. The minimum absolute atomic E-state index is 0.119. The molecule has 0 aliphatic carbocycles. The van der Waals surface area contributed by atoms with Gasteiger partial charge in [0.15, 0.2) is 0 Å². The monoisotopic (exact) mass is 232 g/mol. The Kier molecular flexibility index (Phi) is 3.76. The van der Waals surface area contributed by atoms with Crippen LogP contribution in [0.2, 0.25) is 0 Å². The van der Waals surface area contributed by atoms with Crippen LogP contribution in [-0.4, -0.2) is 21.3 Å². The molecule has 82 valence electrons. The Morgan fingerprint density at radius 3 is 3.19 bits per heavy atom. The molecular formula is C12H12N2OS. The molecule has 0 saturated carbocycles. The second kappa shape index (κ2) is 5.50.